The first-order chi connectivity index (χ1) is 23.3. The van der Waals surface area contributed by atoms with Gasteiger partial charge >= 0.3 is 7.60 Å². The van der Waals surface area contributed by atoms with Gasteiger partial charge in [-0.1, -0.05) is 36.4 Å². The number of alkyl halides is 3. The molecule has 6 atom stereocenters. The molecule has 6 rings (SSSR count). The summed E-state index contributed by atoms with van der Waals surface area (Å²) in [5.74, 6) is -4.68. The Kier molecular flexibility index (Phi) is 10.2. The summed E-state index contributed by atoms with van der Waals surface area (Å²) in [5.41, 5.74) is 0.690. The monoisotopic (exact) mass is 717 g/mol. The Bertz CT molecular complexity index is 1820. The molecule has 2 aromatic carbocycles. The van der Waals surface area contributed by atoms with Gasteiger partial charge < -0.3 is 24.9 Å². The Balaban J connectivity index is 1.23. The number of fused-ring (bicyclic) bond motifs is 2. The molecule has 0 radical (unpaired) electrons. The minimum Gasteiger partial charge on any atom is -0.339 e. The number of nitrogens with one attached hydrogen (secondary N) is 1. The normalized spacial score (nSPS) is 25.6. The van der Waals surface area contributed by atoms with E-state index < -0.39 is 62.3 Å². The van der Waals surface area contributed by atoms with E-state index in [1.807, 2.05) is 30.3 Å². The molecule has 3 fully saturated rings. The van der Waals surface area contributed by atoms with Gasteiger partial charge in [-0.2, -0.15) is 5.26 Å². The van der Waals surface area contributed by atoms with Crippen LogP contribution in [0.25, 0.3) is 10.1 Å². The minimum atomic E-state index is -5.06. The fourth-order valence-electron chi connectivity index (χ4n) is 7.26. The van der Waals surface area contributed by atoms with Gasteiger partial charge in [0.25, 0.3) is 12.3 Å². The summed E-state index contributed by atoms with van der Waals surface area (Å²) in [6.07, 6.45) is -1.47. The second-order valence-electron chi connectivity index (χ2n) is 12.8. The molecule has 3 aromatic rings. The molecule has 260 valence electrons. The quantitative estimate of drug-likeness (QED) is 0.293. The van der Waals surface area contributed by atoms with Crippen LogP contribution >= 0.6 is 18.9 Å². The molecule has 3 aliphatic heterocycles. The number of halogens is 3. The lowest BCUT2D eigenvalue weighted by atomic mass is 9.90. The largest absolute Gasteiger partial charge is 0.363 e. The number of benzene rings is 2. The number of hydrogen-bond acceptors (Lipinski definition) is 7. The van der Waals surface area contributed by atoms with Gasteiger partial charge in [-0.15, -0.1) is 11.3 Å². The average Bonchev–Trinajstić information content (AvgIpc) is 3.81. The molecule has 1 unspecified atom stereocenters. The number of likely N-dealkylation sites (tertiary alicyclic amines) is 1. The van der Waals surface area contributed by atoms with Crippen LogP contribution in [0.5, 0.6) is 0 Å². The van der Waals surface area contributed by atoms with Crippen LogP contribution in [-0.4, -0.2) is 99.5 Å². The molecule has 0 bridgehead atoms. The van der Waals surface area contributed by atoms with Crippen molar-refractivity contribution in [3.63, 3.8) is 0 Å². The second kappa shape index (κ2) is 14.2. The average molecular weight is 718 g/mol. The molecule has 4 heterocycles. The van der Waals surface area contributed by atoms with Crippen LogP contribution in [0.2, 0.25) is 0 Å². The van der Waals surface area contributed by atoms with Crippen molar-refractivity contribution in [1.29, 1.82) is 5.26 Å². The molecule has 16 heteroatoms. The number of carbonyl (C=O) groups excluding carboxylic acids is 3. The predicted octanol–water partition coefficient (Wildman–Crippen LogP) is 4.24. The fourth-order valence-corrected chi connectivity index (χ4v) is 8.75. The maximum atomic E-state index is 14.3. The molecule has 0 saturated carbocycles. The van der Waals surface area contributed by atoms with Gasteiger partial charge in [0.2, 0.25) is 17.7 Å². The van der Waals surface area contributed by atoms with Crippen LogP contribution in [-0.2, 0) is 14.2 Å². The molecule has 3 amide bonds. The molecule has 11 nitrogen and oxygen atoms in total. The lowest BCUT2D eigenvalue weighted by Gasteiger charge is -2.39. The topological polar surface area (TPSA) is 154 Å². The molecular weight excluding hydrogens is 682 g/mol. The number of hydrogen-bond donors (Lipinski definition) is 3. The van der Waals surface area contributed by atoms with Crippen LogP contribution in [0.15, 0.2) is 54.6 Å². The molecule has 0 spiro atoms. The van der Waals surface area contributed by atoms with Crippen molar-refractivity contribution in [2.45, 2.75) is 55.6 Å². The first-order valence-electron chi connectivity index (χ1n) is 15.9. The minimum absolute atomic E-state index is 0.117. The molecule has 3 saturated heterocycles. The van der Waals surface area contributed by atoms with Crippen molar-refractivity contribution in [1.82, 2.24) is 20.0 Å². The van der Waals surface area contributed by atoms with Gasteiger partial charge in [-0.05, 0) is 54.0 Å². The van der Waals surface area contributed by atoms with Gasteiger partial charge in [0.1, 0.15) is 12.1 Å². The third-order valence-corrected chi connectivity index (χ3v) is 11.6. The molecule has 3 aliphatic rings. The zero-order valence-corrected chi connectivity index (χ0v) is 27.9. The Morgan fingerprint density at radius 1 is 1.04 bits per heavy atom. The van der Waals surface area contributed by atoms with E-state index in [9.17, 15) is 47.2 Å². The number of rotatable bonds is 8. The fraction of sp³-hybridized carbons (Fsp3) is 0.455. The number of nitriles is 1. The lowest BCUT2D eigenvalue weighted by Crippen LogP contribution is -2.61. The van der Waals surface area contributed by atoms with E-state index in [1.54, 1.807) is 4.90 Å². The third kappa shape index (κ3) is 7.39. The highest BCUT2D eigenvalue weighted by molar-refractivity contribution is 7.51. The highest BCUT2D eigenvalue weighted by atomic mass is 32.1. The van der Waals surface area contributed by atoms with Crippen molar-refractivity contribution in [2.24, 2.45) is 5.92 Å². The summed E-state index contributed by atoms with van der Waals surface area (Å²) in [5, 5.41) is 12.9. The molecule has 49 heavy (non-hydrogen) atoms. The number of thiophene rings is 1. The highest BCUT2D eigenvalue weighted by Gasteiger charge is 2.48. The van der Waals surface area contributed by atoms with E-state index in [-0.39, 0.29) is 41.9 Å². The van der Waals surface area contributed by atoms with Crippen molar-refractivity contribution in [2.75, 3.05) is 32.7 Å². The van der Waals surface area contributed by atoms with Crippen molar-refractivity contribution in [3.8, 4) is 6.07 Å². The van der Waals surface area contributed by atoms with E-state index in [0.29, 0.717) is 35.9 Å². The van der Waals surface area contributed by atoms with Crippen LogP contribution in [0, 0.1) is 17.2 Å². The highest BCUT2D eigenvalue weighted by Crippen LogP contribution is 2.53. The van der Waals surface area contributed by atoms with Crippen LogP contribution in [0.3, 0.4) is 0 Å². The van der Waals surface area contributed by atoms with E-state index in [0.717, 1.165) is 16.9 Å². The lowest BCUT2D eigenvalue weighted by molar-refractivity contribution is -0.147. The number of amides is 3. The Labute approximate surface area is 284 Å². The van der Waals surface area contributed by atoms with Gasteiger partial charge in [-0.3, -0.25) is 23.8 Å². The molecule has 0 aliphatic carbocycles. The van der Waals surface area contributed by atoms with E-state index in [1.165, 1.54) is 34.1 Å². The first kappa shape index (κ1) is 35.0. The standard InChI is InChI=1S/C33H35F3N5O6PS/c34-29(35)18-39-11-10-23-7-8-26(33(44)40-15-22(14-37)24(16-40)19-4-2-1-3-5-19)41(23)32(43)25(17-39)38-31(42)28-13-21-12-20(6-9-27(21)49-28)30(36)48(45,46)47/h1-6,9,12-13,22-26,29-30H,7-8,10-11,15-18H2,(H,38,42)(H2,45,46,47)/t22-,23-,24+,25+,26+,30?/m1/s1. The van der Waals surface area contributed by atoms with Gasteiger partial charge in [0.15, 0.2) is 0 Å². The molecular formula is C33H35F3N5O6PS. The molecule has 3 N–H and O–H groups in total. The van der Waals surface area contributed by atoms with E-state index >= 15 is 0 Å². The Hall–Kier alpha value is -3.80. The van der Waals surface area contributed by atoms with Gasteiger partial charge in [0.05, 0.1) is 23.4 Å². The van der Waals surface area contributed by atoms with Crippen molar-refractivity contribution in [3.05, 3.63) is 70.6 Å². The predicted molar refractivity (Wildman–Crippen MR) is 175 cm³/mol. The van der Waals surface area contributed by atoms with Crippen LogP contribution < -0.4 is 5.32 Å². The van der Waals surface area contributed by atoms with Gasteiger partial charge in [0, 0.05) is 42.8 Å². The zero-order valence-electron chi connectivity index (χ0n) is 26.2. The molecule has 1 aromatic heterocycles. The van der Waals surface area contributed by atoms with Crippen LogP contribution in [0.1, 0.15) is 51.9 Å². The zero-order chi connectivity index (χ0) is 35.0. The number of carbonyl (C=O) groups is 3. The Morgan fingerprint density at radius 3 is 2.49 bits per heavy atom. The maximum Gasteiger partial charge on any atom is 0.363 e. The van der Waals surface area contributed by atoms with Gasteiger partial charge in [-0.25, -0.2) is 13.2 Å². The summed E-state index contributed by atoms with van der Waals surface area (Å²) in [4.78, 5) is 65.0. The second-order valence-corrected chi connectivity index (χ2v) is 15.5. The number of nitrogens with zero attached hydrogens (tertiary/aromatic N) is 4. The summed E-state index contributed by atoms with van der Waals surface area (Å²) < 4.78 is 53.4. The van der Waals surface area contributed by atoms with Crippen LogP contribution in [0.4, 0.5) is 13.2 Å². The van der Waals surface area contributed by atoms with E-state index in [4.69, 9.17) is 0 Å². The third-order valence-electron chi connectivity index (χ3n) is 9.62. The summed E-state index contributed by atoms with van der Waals surface area (Å²) >= 11 is 1.01. The SMILES string of the molecule is N#C[C@@H]1CN(C(=O)[C@@H]2CC[C@@H]3CCN(CC(F)F)C[C@H](NC(=O)c4cc5cc(C(F)P(=O)(O)O)ccc5s4)C(=O)N32)C[C@H]1c1ccccc1. The summed E-state index contributed by atoms with van der Waals surface area (Å²) in [6, 6.07) is 14.6. The van der Waals surface area contributed by atoms with Crippen molar-refractivity contribution >= 4 is 46.7 Å². The van der Waals surface area contributed by atoms with Crippen molar-refractivity contribution < 1.29 is 41.9 Å². The first-order valence-corrected chi connectivity index (χ1v) is 18.4. The smallest absolute Gasteiger partial charge is 0.339 e. The maximum absolute atomic E-state index is 14.3. The summed E-state index contributed by atoms with van der Waals surface area (Å²) in [6.45, 7) is -0.0638. The summed E-state index contributed by atoms with van der Waals surface area (Å²) in [7, 11) is -5.06. The van der Waals surface area contributed by atoms with E-state index in [2.05, 4.69) is 11.4 Å². The Morgan fingerprint density at radius 2 is 1.80 bits per heavy atom.